The summed E-state index contributed by atoms with van der Waals surface area (Å²) in [7, 11) is 0. The van der Waals surface area contributed by atoms with Crippen LogP contribution in [0.2, 0.25) is 0 Å². The van der Waals surface area contributed by atoms with Gasteiger partial charge in [-0.2, -0.15) is 13.2 Å². The number of nitrogens with zero attached hydrogens (tertiary/aromatic N) is 2. The van der Waals surface area contributed by atoms with Crippen LogP contribution in [0.4, 0.5) is 29.3 Å². The lowest BCUT2D eigenvalue weighted by atomic mass is 10.1. The van der Waals surface area contributed by atoms with Crippen LogP contribution in [0.25, 0.3) is 6.08 Å². The van der Waals surface area contributed by atoms with Gasteiger partial charge in [0.25, 0.3) is 11.8 Å². The van der Waals surface area contributed by atoms with E-state index in [1.54, 1.807) is 12.1 Å². The third-order valence-corrected chi connectivity index (χ3v) is 6.79. The molecule has 9 nitrogen and oxygen atoms in total. The van der Waals surface area contributed by atoms with Crippen molar-refractivity contribution in [2.24, 2.45) is 0 Å². The normalized spacial score (nSPS) is 15.0. The minimum atomic E-state index is -4.83. The number of carbonyl (C=O) groups is 3. The number of nitro benzene ring substituents is 1. The van der Waals surface area contributed by atoms with Gasteiger partial charge in [-0.1, -0.05) is 31.9 Å². The molecule has 0 aromatic heterocycles. The highest BCUT2D eigenvalue weighted by Gasteiger charge is 2.37. The summed E-state index contributed by atoms with van der Waals surface area (Å²) in [6.45, 7) is 0. The van der Waals surface area contributed by atoms with Gasteiger partial charge in [-0.15, -0.1) is 0 Å². The number of carbonyl (C=O) groups excluding carboxylic acids is 3. The first kappa shape index (κ1) is 28.4. The number of ether oxygens (including phenoxy) is 1. The number of alkyl halides is 3. The standard InChI is InChI=1S/C24H11Br3F3N3O6/c25-13-2-4-15(5-3-13)32-22(35)16(21(34)31-23(32)36)8-11-7-14(26)10-17(27)20(11)39-19-6-1-12(24(28,29)30)9-18(19)33(37)38/h1-10H,(H,31,34,36)/b16-8+. The van der Waals surface area contributed by atoms with Gasteiger partial charge in [-0.05, 0) is 70.5 Å². The van der Waals surface area contributed by atoms with Crippen molar-refractivity contribution in [3.63, 3.8) is 0 Å². The minimum Gasteiger partial charge on any atom is -0.448 e. The number of hydrogen-bond acceptors (Lipinski definition) is 6. The molecule has 0 unspecified atom stereocenters. The van der Waals surface area contributed by atoms with E-state index in [0.717, 1.165) is 17.0 Å². The molecule has 0 radical (unpaired) electrons. The third-order valence-electron chi connectivity index (χ3n) is 5.22. The Morgan fingerprint density at radius 3 is 2.23 bits per heavy atom. The van der Waals surface area contributed by atoms with E-state index < -0.39 is 51.5 Å². The van der Waals surface area contributed by atoms with Gasteiger partial charge >= 0.3 is 17.9 Å². The Morgan fingerprint density at radius 1 is 0.949 bits per heavy atom. The maximum absolute atomic E-state index is 13.3. The molecule has 0 atom stereocenters. The molecule has 1 aliphatic heterocycles. The molecule has 1 heterocycles. The SMILES string of the molecule is O=C1NC(=O)N(c2ccc(Br)cc2)C(=O)/C1=C/c1cc(Br)cc(Br)c1Oc1ccc(C(F)(F)F)cc1[N+](=O)[O-]. The zero-order valence-corrected chi connectivity index (χ0v) is 23.6. The molecular weight excluding hydrogens is 723 g/mol. The van der Waals surface area contributed by atoms with Crippen molar-refractivity contribution >= 4 is 83.1 Å². The lowest BCUT2D eigenvalue weighted by Crippen LogP contribution is -2.54. The van der Waals surface area contributed by atoms with E-state index in [9.17, 15) is 37.7 Å². The predicted octanol–water partition coefficient (Wildman–Crippen LogP) is 7.36. The Labute approximate surface area is 242 Å². The molecule has 3 aromatic rings. The monoisotopic (exact) mass is 731 g/mol. The molecule has 3 aromatic carbocycles. The molecule has 39 heavy (non-hydrogen) atoms. The molecule has 0 spiro atoms. The van der Waals surface area contributed by atoms with Crippen molar-refractivity contribution in [2.75, 3.05) is 4.90 Å². The summed E-state index contributed by atoms with van der Waals surface area (Å²) in [5, 5.41) is 13.6. The minimum absolute atomic E-state index is 0.0362. The van der Waals surface area contributed by atoms with Crippen molar-refractivity contribution < 1.29 is 37.2 Å². The number of urea groups is 1. The molecule has 0 saturated carbocycles. The highest BCUT2D eigenvalue weighted by Crippen LogP contribution is 2.42. The van der Waals surface area contributed by atoms with Crippen LogP contribution in [0.15, 0.2) is 73.6 Å². The van der Waals surface area contributed by atoms with Crippen LogP contribution < -0.4 is 15.0 Å². The van der Waals surface area contributed by atoms with Crippen molar-refractivity contribution in [2.45, 2.75) is 6.18 Å². The second-order valence-corrected chi connectivity index (χ2v) is 10.5. The van der Waals surface area contributed by atoms with Gasteiger partial charge in [0.1, 0.15) is 11.3 Å². The second-order valence-electron chi connectivity index (χ2n) is 7.78. The zero-order chi connectivity index (χ0) is 28.6. The molecule has 4 amide bonds. The summed E-state index contributed by atoms with van der Waals surface area (Å²) in [6, 6.07) is 9.78. The number of halogens is 6. The van der Waals surface area contributed by atoms with Crippen LogP contribution in [-0.2, 0) is 15.8 Å². The van der Waals surface area contributed by atoms with Crippen LogP contribution in [0.1, 0.15) is 11.1 Å². The maximum Gasteiger partial charge on any atom is 0.416 e. The second kappa shape index (κ2) is 10.9. The quantitative estimate of drug-likeness (QED) is 0.127. The summed E-state index contributed by atoms with van der Waals surface area (Å²) in [4.78, 5) is 49.6. The van der Waals surface area contributed by atoms with E-state index in [1.165, 1.54) is 24.3 Å². The van der Waals surface area contributed by atoms with Crippen LogP contribution in [0.5, 0.6) is 11.5 Å². The number of hydrogen-bond donors (Lipinski definition) is 1. The summed E-state index contributed by atoms with van der Waals surface area (Å²) in [5.74, 6) is -2.66. The molecule has 200 valence electrons. The Morgan fingerprint density at radius 2 is 1.62 bits per heavy atom. The van der Waals surface area contributed by atoms with Crippen molar-refractivity contribution in [3.05, 3.63) is 94.8 Å². The van der Waals surface area contributed by atoms with Crippen LogP contribution >= 0.6 is 47.8 Å². The van der Waals surface area contributed by atoms with E-state index in [2.05, 4.69) is 53.1 Å². The number of imide groups is 2. The topological polar surface area (TPSA) is 119 Å². The number of benzene rings is 3. The molecule has 1 saturated heterocycles. The largest absolute Gasteiger partial charge is 0.448 e. The van der Waals surface area contributed by atoms with E-state index in [-0.39, 0.29) is 21.5 Å². The smallest absolute Gasteiger partial charge is 0.416 e. The van der Waals surface area contributed by atoms with Crippen LogP contribution in [0, 0.1) is 10.1 Å². The van der Waals surface area contributed by atoms with Gasteiger partial charge in [0.2, 0.25) is 5.75 Å². The van der Waals surface area contributed by atoms with Crippen LogP contribution in [-0.4, -0.2) is 22.8 Å². The number of anilines is 1. The van der Waals surface area contributed by atoms with E-state index in [1.807, 2.05) is 0 Å². The molecule has 0 aliphatic carbocycles. The van der Waals surface area contributed by atoms with E-state index >= 15 is 0 Å². The van der Waals surface area contributed by atoms with Gasteiger partial charge in [-0.3, -0.25) is 25.0 Å². The number of amides is 4. The van der Waals surface area contributed by atoms with Gasteiger partial charge in [0, 0.05) is 20.6 Å². The Balaban J connectivity index is 1.81. The summed E-state index contributed by atoms with van der Waals surface area (Å²) >= 11 is 9.75. The first-order valence-electron chi connectivity index (χ1n) is 10.5. The molecule has 1 N–H and O–H groups in total. The number of nitrogens with one attached hydrogen (secondary N) is 1. The van der Waals surface area contributed by atoms with Crippen molar-refractivity contribution in [1.29, 1.82) is 0 Å². The molecule has 15 heteroatoms. The fourth-order valence-corrected chi connectivity index (χ4v) is 5.07. The zero-order valence-electron chi connectivity index (χ0n) is 18.9. The van der Waals surface area contributed by atoms with E-state index in [0.29, 0.717) is 21.1 Å². The van der Waals surface area contributed by atoms with Crippen molar-refractivity contribution in [3.8, 4) is 11.5 Å². The Bertz CT molecular complexity index is 1580. The fourth-order valence-electron chi connectivity index (χ4n) is 3.47. The summed E-state index contributed by atoms with van der Waals surface area (Å²) in [5.41, 5.74) is -2.48. The van der Waals surface area contributed by atoms with Crippen LogP contribution in [0.3, 0.4) is 0 Å². The first-order chi connectivity index (χ1) is 18.3. The van der Waals surface area contributed by atoms with Gasteiger partial charge in [0.05, 0.1) is 20.6 Å². The Hall–Kier alpha value is -3.56. The maximum atomic E-state index is 13.3. The van der Waals surface area contributed by atoms with Gasteiger partial charge < -0.3 is 4.74 Å². The van der Waals surface area contributed by atoms with Gasteiger partial charge in [-0.25, -0.2) is 9.69 Å². The third kappa shape index (κ3) is 6.04. The molecule has 0 bridgehead atoms. The van der Waals surface area contributed by atoms with Crippen molar-refractivity contribution in [1.82, 2.24) is 5.32 Å². The highest BCUT2D eigenvalue weighted by molar-refractivity contribution is 9.11. The van der Waals surface area contributed by atoms with Gasteiger partial charge in [0.15, 0.2) is 0 Å². The average Bonchev–Trinajstić information content (AvgIpc) is 2.84. The molecule has 1 aliphatic rings. The average molecular weight is 734 g/mol. The number of nitro groups is 1. The fraction of sp³-hybridized carbons (Fsp3) is 0.0417. The summed E-state index contributed by atoms with van der Waals surface area (Å²) in [6.07, 6.45) is -3.74. The molecular formula is C24H11Br3F3N3O6. The lowest BCUT2D eigenvalue weighted by Gasteiger charge is -2.26. The number of rotatable bonds is 5. The molecule has 4 rings (SSSR count). The first-order valence-corrected chi connectivity index (χ1v) is 12.8. The number of barbiturate groups is 1. The Kier molecular flexibility index (Phi) is 7.95. The summed E-state index contributed by atoms with van der Waals surface area (Å²) < 4.78 is 46.3. The lowest BCUT2D eigenvalue weighted by molar-refractivity contribution is -0.385. The molecule has 1 fully saturated rings. The highest BCUT2D eigenvalue weighted by atomic mass is 79.9. The predicted molar refractivity (Wildman–Crippen MR) is 143 cm³/mol. The van der Waals surface area contributed by atoms with E-state index in [4.69, 9.17) is 4.74 Å².